The van der Waals surface area contributed by atoms with Gasteiger partial charge in [-0.15, -0.1) is 0 Å². The van der Waals surface area contributed by atoms with E-state index in [4.69, 9.17) is 9.47 Å². The highest BCUT2D eigenvalue weighted by Crippen LogP contribution is 2.37. The average molecular weight is 248 g/mol. The number of methoxy groups -OCH3 is 2. The van der Waals surface area contributed by atoms with Crippen molar-refractivity contribution in [3.63, 3.8) is 0 Å². The Labute approximate surface area is 108 Å². The first-order valence-corrected chi connectivity index (χ1v) is 6.31. The summed E-state index contributed by atoms with van der Waals surface area (Å²) < 4.78 is 10.8. The van der Waals surface area contributed by atoms with Gasteiger partial charge in [0.2, 0.25) is 0 Å². The summed E-state index contributed by atoms with van der Waals surface area (Å²) in [5, 5.41) is 0. The number of aryl methyl sites for hydroxylation is 1. The third-order valence-electron chi connectivity index (χ3n) is 3.71. The fourth-order valence-corrected chi connectivity index (χ4v) is 2.31. The zero-order valence-electron chi connectivity index (χ0n) is 11.4. The molecule has 18 heavy (non-hydrogen) atoms. The molecular formula is C15H20O3. The van der Waals surface area contributed by atoms with Gasteiger partial charge >= 0.3 is 0 Å². The van der Waals surface area contributed by atoms with Crippen molar-refractivity contribution >= 4 is 5.78 Å². The molecule has 1 aliphatic carbocycles. The molecule has 3 nitrogen and oxygen atoms in total. The Morgan fingerprint density at radius 1 is 1.28 bits per heavy atom. The molecule has 98 valence electrons. The molecule has 0 spiro atoms. The third-order valence-corrected chi connectivity index (χ3v) is 3.71. The lowest BCUT2D eigenvalue weighted by Gasteiger charge is -2.17. The Morgan fingerprint density at radius 2 is 1.94 bits per heavy atom. The van der Waals surface area contributed by atoms with Gasteiger partial charge in [-0.2, -0.15) is 0 Å². The Bertz CT molecular complexity index is 461. The molecule has 0 saturated heterocycles. The normalized spacial score (nSPS) is 16.4. The Morgan fingerprint density at radius 3 is 2.44 bits per heavy atom. The van der Waals surface area contributed by atoms with Gasteiger partial charge < -0.3 is 9.47 Å². The molecule has 0 heterocycles. The third kappa shape index (κ3) is 2.27. The maximum atomic E-state index is 12.5. The van der Waals surface area contributed by atoms with E-state index in [2.05, 4.69) is 0 Å². The van der Waals surface area contributed by atoms with E-state index in [0.29, 0.717) is 17.2 Å². The predicted octanol–water partition coefficient (Wildman–Crippen LogP) is 2.92. The van der Waals surface area contributed by atoms with Crippen LogP contribution in [0.5, 0.6) is 5.75 Å². The fraction of sp³-hybridized carbons (Fsp3) is 0.533. The molecular weight excluding hydrogens is 228 g/mol. The molecule has 0 bridgehead atoms. The van der Waals surface area contributed by atoms with Crippen molar-refractivity contribution in [1.29, 1.82) is 0 Å². The standard InChI is InChI=1S/C15H20O3/c1-9-5-8-12(14(17-3)10(9)2)13(16)15(18-4)11-6-7-11/h5,8,11,15H,6-7H2,1-4H3. The Kier molecular flexibility index (Phi) is 3.71. The number of carbonyl (C=O) groups is 1. The van der Waals surface area contributed by atoms with Crippen LogP contribution >= 0.6 is 0 Å². The largest absolute Gasteiger partial charge is 0.496 e. The van der Waals surface area contributed by atoms with Gasteiger partial charge in [-0.05, 0) is 49.8 Å². The second kappa shape index (κ2) is 5.11. The Balaban J connectivity index is 2.37. The van der Waals surface area contributed by atoms with Crippen LogP contribution in [-0.2, 0) is 4.74 Å². The summed E-state index contributed by atoms with van der Waals surface area (Å²) in [5.74, 6) is 1.11. The van der Waals surface area contributed by atoms with E-state index in [1.165, 1.54) is 0 Å². The predicted molar refractivity (Wildman–Crippen MR) is 70.3 cm³/mol. The topological polar surface area (TPSA) is 35.5 Å². The molecule has 1 saturated carbocycles. The summed E-state index contributed by atoms with van der Waals surface area (Å²) in [5.41, 5.74) is 2.79. The van der Waals surface area contributed by atoms with Gasteiger partial charge in [-0.25, -0.2) is 0 Å². The van der Waals surface area contributed by atoms with Crippen molar-refractivity contribution in [2.45, 2.75) is 32.8 Å². The van der Waals surface area contributed by atoms with Gasteiger partial charge in [0.1, 0.15) is 11.9 Å². The fourth-order valence-electron chi connectivity index (χ4n) is 2.31. The molecule has 1 aliphatic rings. The highest BCUT2D eigenvalue weighted by atomic mass is 16.5. The molecule has 0 aliphatic heterocycles. The van der Waals surface area contributed by atoms with Gasteiger partial charge in [0.05, 0.1) is 12.7 Å². The van der Waals surface area contributed by atoms with Crippen LogP contribution in [-0.4, -0.2) is 26.1 Å². The van der Waals surface area contributed by atoms with E-state index in [9.17, 15) is 4.79 Å². The van der Waals surface area contributed by atoms with E-state index in [1.807, 2.05) is 26.0 Å². The van der Waals surface area contributed by atoms with Crippen molar-refractivity contribution in [2.24, 2.45) is 5.92 Å². The van der Waals surface area contributed by atoms with E-state index < -0.39 is 0 Å². The van der Waals surface area contributed by atoms with Crippen LogP contribution in [0, 0.1) is 19.8 Å². The summed E-state index contributed by atoms with van der Waals surface area (Å²) in [7, 11) is 3.21. The molecule has 0 amide bonds. The number of hydrogen-bond donors (Lipinski definition) is 0. The number of Topliss-reactive ketones (excluding diaryl/α,β-unsaturated/α-hetero) is 1. The summed E-state index contributed by atoms with van der Waals surface area (Å²) in [6.07, 6.45) is 1.84. The lowest BCUT2D eigenvalue weighted by molar-refractivity contribution is 0.0537. The van der Waals surface area contributed by atoms with E-state index >= 15 is 0 Å². The van der Waals surface area contributed by atoms with Gasteiger partial charge in [-0.1, -0.05) is 6.07 Å². The molecule has 1 aromatic rings. The molecule has 2 rings (SSSR count). The second-order valence-corrected chi connectivity index (χ2v) is 4.95. The molecule has 1 unspecified atom stereocenters. The smallest absolute Gasteiger partial charge is 0.195 e. The second-order valence-electron chi connectivity index (χ2n) is 4.95. The molecule has 0 N–H and O–H groups in total. The summed E-state index contributed by atoms with van der Waals surface area (Å²) >= 11 is 0. The molecule has 0 radical (unpaired) electrons. The zero-order valence-corrected chi connectivity index (χ0v) is 11.4. The van der Waals surface area contributed by atoms with E-state index in [-0.39, 0.29) is 11.9 Å². The SMILES string of the molecule is COc1c(C(=O)C(OC)C2CC2)ccc(C)c1C. The lowest BCUT2D eigenvalue weighted by atomic mass is 9.97. The number of hydrogen-bond acceptors (Lipinski definition) is 3. The Hall–Kier alpha value is -1.35. The van der Waals surface area contributed by atoms with Crippen LogP contribution in [0.1, 0.15) is 34.3 Å². The highest BCUT2D eigenvalue weighted by Gasteiger charge is 2.37. The summed E-state index contributed by atoms with van der Waals surface area (Å²) in [6.45, 7) is 3.99. The van der Waals surface area contributed by atoms with E-state index in [1.54, 1.807) is 14.2 Å². The molecule has 1 fully saturated rings. The van der Waals surface area contributed by atoms with Gasteiger partial charge in [0.15, 0.2) is 5.78 Å². The van der Waals surface area contributed by atoms with Crippen molar-refractivity contribution in [1.82, 2.24) is 0 Å². The minimum Gasteiger partial charge on any atom is -0.496 e. The van der Waals surface area contributed by atoms with Crippen molar-refractivity contribution < 1.29 is 14.3 Å². The van der Waals surface area contributed by atoms with Gasteiger partial charge in [-0.3, -0.25) is 4.79 Å². The number of benzene rings is 1. The minimum atomic E-state index is -0.319. The number of ether oxygens (including phenoxy) is 2. The maximum absolute atomic E-state index is 12.5. The minimum absolute atomic E-state index is 0.0416. The lowest BCUT2D eigenvalue weighted by Crippen LogP contribution is -2.26. The van der Waals surface area contributed by atoms with Crippen LogP contribution in [0.15, 0.2) is 12.1 Å². The first kappa shape index (κ1) is 13.1. The van der Waals surface area contributed by atoms with Gasteiger partial charge in [0.25, 0.3) is 0 Å². The quantitative estimate of drug-likeness (QED) is 0.752. The number of ketones is 1. The summed E-state index contributed by atoms with van der Waals surface area (Å²) in [6, 6.07) is 3.81. The van der Waals surface area contributed by atoms with Crippen molar-refractivity contribution in [3.05, 3.63) is 28.8 Å². The number of carbonyl (C=O) groups excluding carboxylic acids is 1. The first-order chi connectivity index (χ1) is 8.60. The molecule has 1 aromatic carbocycles. The monoisotopic (exact) mass is 248 g/mol. The van der Waals surface area contributed by atoms with Crippen molar-refractivity contribution in [2.75, 3.05) is 14.2 Å². The zero-order chi connectivity index (χ0) is 13.3. The van der Waals surface area contributed by atoms with Crippen LogP contribution in [0.25, 0.3) is 0 Å². The van der Waals surface area contributed by atoms with Gasteiger partial charge in [0, 0.05) is 7.11 Å². The van der Waals surface area contributed by atoms with Crippen LogP contribution in [0.4, 0.5) is 0 Å². The van der Waals surface area contributed by atoms with Crippen molar-refractivity contribution in [3.8, 4) is 5.75 Å². The first-order valence-electron chi connectivity index (χ1n) is 6.31. The molecule has 3 heteroatoms. The van der Waals surface area contributed by atoms with Crippen LogP contribution in [0.3, 0.4) is 0 Å². The molecule has 0 aromatic heterocycles. The summed E-state index contributed by atoms with van der Waals surface area (Å²) in [4.78, 5) is 12.5. The maximum Gasteiger partial charge on any atom is 0.195 e. The van der Waals surface area contributed by atoms with Crippen LogP contribution in [0.2, 0.25) is 0 Å². The average Bonchev–Trinajstić information content (AvgIpc) is 3.17. The van der Waals surface area contributed by atoms with Crippen LogP contribution < -0.4 is 4.74 Å². The van der Waals surface area contributed by atoms with E-state index in [0.717, 1.165) is 24.0 Å². The highest BCUT2D eigenvalue weighted by molar-refractivity contribution is 6.02. The molecule has 1 atom stereocenters. The number of rotatable bonds is 5.